The number of aromatic nitrogens is 4. The Morgan fingerprint density at radius 1 is 1.15 bits per heavy atom. The molecule has 40 heavy (non-hydrogen) atoms. The number of nitrogens with zero attached hydrogens (tertiary/aromatic N) is 6. The Balaban J connectivity index is 0.000000259. The van der Waals surface area contributed by atoms with Crippen LogP contribution in [0.5, 0.6) is 5.88 Å². The van der Waals surface area contributed by atoms with Gasteiger partial charge in [0.05, 0.1) is 50.1 Å². The number of carbonyl (C=O) groups excluding carboxylic acids is 2. The van der Waals surface area contributed by atoms with Gasteiger partial charge in [-0.2, -0.15) is 5.10 Å². The summed E-state index contributed by atoms with van der Waals surface area (Å²) in [6, 6.07) is 5.48. The minimum atomic E-state index is -0.509. The predicted molar refractivity (Wildman–Crippen MR) is 148 cm³/mol. The molecule has 2 amide bonds. The third-order valence-electron chi connectivity index (χ3n) is 7.01. The predicted octanol–water partition coefficient (Wildman–Crippen LogP) is 3.24. The minimum Gasteiger partial charge on any atom is -0.479 e. The van der Waals surface area contributed by atoms with Crippen molar-refractivity contribution in [2.45, 2.75) is 46.0 Å². The number of amides is 2. The highest BCUT2D eigenvalue weighted by Crippen LogP contribution is 2.31. The van der Waals surface area contributed by atoms with Gasteiger partial charge in [0.1, 0.15) is 0 Å². The van der Waals surface area contributed by atoms with Crippen LogP contribution in [0.15, 0.2) is 30.6 Å². The van der Waals surface area contributed by atoms with Crippen LogP contribution in [0.3, 0.4) is 0 Å². The van der Waals surface area contributed by atoms with Crippen LogP contribution in [-0.2, 0) is 33.6 Å². The lowest BCUT2D eigenvalue weighted by Crippen LogP contribution is -2.50. The third kappa shape index (κ3) is 6.64. The Labute approximate surface area is 234 Å². The maximum absolute atomic E-state index is 14.3. The number of hydrogen-bond donors (Lipinski definition) is 0. The van der Waals surface area contributed by atoms with Crippen LogP contribution in [0, 0.1) is 5.82 Å². The van der Waals surface area contributed by atoms with E-state index in [1.54, 1.807) is 27.7 Å². The highest BCUT2D eigenvalue weighted by Gasteiger charge is 2.24. The topological polar surface area (TPSA) is 103 Å². The summed E-state index contributed by atoms with van der Waals surface area (Å²) in [6.45, 7) is 6.79. The van der Waals surface area contributed by atoms with Gasteiger partial charge in [-0.3, -0.25) is 14.6 Å². The van der Waals surface area contributed by atoms with E-state index < -0.39 is 5.82 Å². The van der Waals surface area contributed by atoms with Crippen molar-refractivity contribution in [3.63, 3.8) is 0 Å². The molecular formula is C29H37FN6O4. The first kappa shape index (κ1) is 29.1. The van der Waals surface area contributed by atoms with E-state index in [0.717, 1.165) is 47.5 Å². The van der Waals surface area contributed by atoms with E-state index in [1.165, 1.54) is 13.2 Å². The molecule has 0 bridgehead atoms. The first-order chi connectivity index (χ1) is 19.4. The normalized spacial score (nSPS) is 15.2. The highest BCUT2D eigenvalue weighted by atomic mass is 19.1. The van der Waals surface area contributed by atoms with Gasteiger partial charge >= 0.3 is 0 Å². The second-order valence-electron chi connectivity index (χ2n) is 9.75. The van der Waals surface area contributed by atoms with Crippen molar-refractivity contribution in [1.29, 1.82) is 0 Å². The number of rotatable bonds is 6. The molecule has 2 aliphatic heterocycles. The average Bonchev–Trinajstić information content (AvgIpc) is 3.15. The first-order valence-corrected chi connectivity index (χ1v) is 13.7. The fourth-order valence-electron chi connectivity index (χ4n) is 4.79. The van der Waals surface area contributed by atoms with Gasteiger partial charge in [-0.15, -0.1) is 0 Å². The van der Waals surface area contributed by atoms with Crippen LogP contribution in [-0.4, -0.2) is 88.4 Å². The fraction of sp³-hybridized carbons (Fsp3) is 0.483. The molecule has 0 aromatic carbocycles. The van der Waals surface area contributed by atoms with Crippen molar-refractivity contribution in [1.82, 2.24) is 29.5 Å². The number of hydrogen-bond acceptors (Lipinski definition) is 7. The van der Waals surface area contributed by atoms with Crippen molar-refractivity contribution < 1.29 is 23.5 Å². The first-order valence-electron chi connectivity index (χ1n) is 13.7. The summed E-state index contributed by atoms with van der Waals surface area (Å²) in [5, 5.41) is 4.86. The Morgan fingerprint density at radius 2 is 1.95 bits per heavy atom. The van der Waals surface area contributed by atoms with Crippen molar-refractivity contribution in [2.75, 3.05) is 47.0 Å². The second kappa shape index (κ2) is 13.5. The molecule has 11 heteroatoms. The molecule has 0 spiro atoms. The van der Waals surface area contributed by atoms with Crippen molar-refractivity contribution in [2.24, 2.45) is 0 Å². The molecule has 0 saturated carbocycles. The van der Waals surface area contributed by atoms with Crippen molar-refractivity contribution >= 4 is 11.8 Å². The molecule has 1 saturated heterocycles. The fourth-order valence-corrected chi connectivity index (χ4v) is 4.79. The molecule has 0 atom stereocenters. The van der Waals surface area contributed by atoms with Crippen LogP contribution >= 0.6 is 0 Å². The molecule has 0 radical (unpaired) electrons. The van der Waals surface area contributed by atoms with Gasteiger partial charge in [-0.1, -0.05) is 20.3 Å². The van der Waals surface area contributed by atoms with Crippen LogP contribution in [0.25, 0.3) is 16.9 Å². The van der Waals surface area contributed by atoms with Crippen LogP contribution in [0.2, 0.25) is 0 Å². The number of carbonyl (C=O) groups is 2. The van der Waals surface area contributed by atoms with Crippen molar-refractivity contribution in [3.8, 4) is 22.8 Å². The summed E-state index contributed by atoms with van der Waals surface area (Å²) in [6.07, 6.45) is 7.33. The maximum Gasteiger partial charge on any atom is 0.250 e. The number of aryl methyl sites for hydroxylation is 1. The van der Waals surface area contributed by atoms with Gasteiger partial charge < -0.3 is 19.3 Å². The molecule has 5 rings (SSSR count). The van der Waals surface area contributed by atoms with Gasteiger partial charge in [-0.25, -0.2) is 14.1 Å². The monoisotopic (exact) mass is 552 g/mol. The van der Waals surface area contributed by atoms with E-state index in [-0.39, 0.29) is 24.2 Å². The quantitative estimate of drug-likeness (QED) is 0.463. The van der Waals surface area contributed by atoms with Gasteiger partial charge in [0.2, 0.25) is 17.7 Å². The number of ether oxygens (including phenoxy) is 2. The van der Waals surface area contributed by atoms with Gasteiger partial charge in [0.25, 0.3) is 0 Å². The summed E-state index contributed by atoms with van der Waals surface area (Å²) >= 11 is 0. The summed E-state index contributed by atoms with van der Waals surface area (Å²) in [7, 11) is 3.16. The Kier molecular flexibility index (Phi) is 9.81. The number of piperazine rings is 1. The lowest BCUT2D eigenvalue weighted by atomic mass is 10.0. The van der Waals surface area contributed by atoms with Gasteiger partial charge in [0.15, 0.2) is 5.82 Å². The van der Waals surface area contributed by atoms with E-state index in [2.05, 4.69) is 23.0 Å². The Bertz CT molecular complexity index is 1340. The number of likely N-dealkylation sites (N-methyl/N-ethyl adjacent to an activating group) is 1. The summed E-state index contributed by atoms with van der Waals surface area (Å²) < 4.78 is 26.7. The van der Waals surface area contributed by atoms with E-state index in [9.17, 15) is 14.0 Å². The van der Waals surface area contributed by atoms with E-state index in [0.29, 0.717) is 44.8 Å². The molecule has 0 unspecified atom stereocenters. The summed E-state index contributed by atoms with van der Waals surface area (Å²) in [5.74, 6) is -0.437. The molecule has 3 aromatic heterocycles. The third-order valence-corrected chi connectivity index (χ3v) is 7.01. The number of fused-ring (bicyclic) bond motifs is 1. The maximum atomic E-state index is 14.3. The van der Waals surface area contributed by atoms with Crippen LogP contribution in [0.4, 0.5) is 4.39 Å². The van der Waals surface area contributed by atoms with Crippen LogP contribution in [0.1, 0.15) is 43.6 Å². The molecule has 5 heterocycles. The van der Waals surface area contributed by atoms with Gasteiger partial charge in [-0.05, 0) is 25.0 Å². The van der Waals surface area contributed by atoms with E-state index in [4.69, 9.17) is 14.6 Å². The Morgan fingerprint density at radius 3 is 2.65 bits per heavy atom. The van der Waals surface area contributed by atoms with E-state index in [1.807, 2.05) is 19.2 Å². The molecule has 0 aliphatic carbocycles. The smallest absolute Gasteiger partial charge is 0.250 e. The van der Waals surface area contributed by atoms with Crippen LogP contribution < -0.4 is 4.74 Å². The van der Waals surface area contributed by atoms with E-state index >= 15 is 0 Å². The molecule has 1 fully saturated rings. The Hall–Kier alpha value is -3.86. The number of halogens is 1. The summed E-state index contributed by atoms with van der Waals surface area (Å²) in [4.78, 5) is 34.1. The van der Waals surface area contributed by atoms with Gasteiger partial charge in [0, 0.05) is 62.1 Å². The molecule has 10 nitrogen and oxygen atoms in total. The zero-order chi connectivity index (χ0) is 28.6. The minimum absolute atomic E-state index is 0.0242. The molecule has 3 aromatic rings. The lowest BCUT2D eigenvalue weighted by molar-refractivity contribution is -0.143. The molecule has 0 N–H and O–H groups in total. The van der Waals surface area contributed by atoms with Crippen molar-refractivity contribution in [3.05, 3.63) is 53.4 Å². The zero-order valence-electron chi connectivity index (χ0n) is 23.7. The largest absolute Gasteiger partial charge is 0.479 e. The number of methoxy groups -OCH3 is 1. The average molecular weight is 553 g/mol. The molecule has 214 valence electrons. The SMILES string of the molecule is CCC(=O)N1CCN(C)C(=O)C1.CCCc1cc(-c2nn(-c3cnc(OC)c(F)c3)c3c2CCOCC3)ccn1. The second-order valence-corrected chi connectivity index (χ2v) is 9.75. The molecule has 2 aliphatic rings. The molecular weight excluding hydrogens is 515 g/mol. The standard InChI is InChI=1S/C21H23FN4O2.C8H14N2O2/c1-3-4-15-11-14(5-8-23-15)20-17-6-9-28-10-7-19(17)26(25-20)16-12-18(22)21(27-2)24-13-16;1-3-7(11)10-5-4-9(2)8(12)6-10/h5,8,11-13H,3-4,6-7,9-10H2,1-2H3;3-6H2,1-2H3. The highest BCUT2D eigenvalue weighted by molar-refractivity contribution is 5.85. The lowest BCUT2D eigenvalue weighted by Gasteiger charge is -2.31. The summed E-state index contributed by atoms with van der Waals surface area (Å²) in [5.41, 5.74) is 5.72. The number of pyridine rings is 2. The zero-order valence-corrected chi connectivity index (χ0v) is 23.7.